The molecule has 2 nitrogen and oxygen atoms in total. The molecule has 9 heavy (non-hydrogen) atoms. The maximum Gasteiger partial charge on any atom is 0.0477 e. The molecule has 0 aliphatic carbocycles. The topological polar surface area (TPSA) is 29.1 Å². The number of rotatable bonds is 2. The minimum Gasteiger partial charge on any atom is -0.388 e. The molecule has 0 radical (unpaired) electrons. The molecule has 0 bridgehead atoms. The fraction of sp³-hybridized carbons (Fsp3) is 0.667. The lowest BCUT2D eigenvalue weighted by Crippen LogP contribution is -2.09. The maximum atomic E-state index is 10.7. The minimum absolute atomic E-state index is 0.679. The van der Waals surface area contributed by atoms with Crippen LogP contribution in [0.4, 0.5) is 0 Å². The highest BCUT2D eigenvalue weighted by molar-refractivity contribution is 7.88. The third-order valence-electron chi connectivity index (χ3n) is 1.25. The van der Waals surface area contributed by atoms with Crippen LogP contribution in [0.5, 0.6) is 0 Å². The maximum absolute atomic E-state index is 10.7. The van der Waals surface area contributed by atoms with Gasteiger partial charge in [-0.05, 0) is 13.3 Å². The molecule has 1 N–H and O–H groups in total. The first-order valence-electron chi connectivity index (χ1n) is 3.14. The van der Waals surface area contributed by atoms with E-state index in [9.17, 15) is 4.21 Å². The van der Waals surface area contributed by atoms with Crippen LogP contribution in [-0.2, 0) is 10.8 Å². The summed E-state index contributed by atoms with van der Waals surface area (Å²) in [6.07, 6.45) is 0.959. The molecule has 1 atom stereocenters. The van der Waals surface area contributed by atoms with Crippen molar-refractivity contribution in [1.82, 2.24) is 5.32 Å². The number of hydrogen-bond acceptors (Lipinski definition) is 2. The van der Waals surface area contributed by atoms with Gasteiger partial charge < -0.3 is 5.32 Å². The molecule has 1 aliphatic rings. The molecule has 1 aliphatic heterocycles. The van der Waals surface area contributed by atoms with Crippen LogP contribution >= 0.6 is 0 Å². The van der Waals surface area contributed by atoms with Gasteiger partial charge in [0.2, 0.25) is 0 Å². The molecule has 0 aromatic carbocycles. The normalized spacial score (nSPS) is 25.9. The van der Waals surface area contributed by atoms with Crippen LogP contribution in [0.25, 0.3) is 0 Å². The van der Waals surface area contributed by atoms with Crippen molar-refractivity contribution in [2.75, 3.05) is 12.3 Å². The van der Waals surface area contributed by atoms with E-state index in [0.717, 1.165) is 24.4 Å². The first-order chi connectivity index (χ1) is 4.33. The van der Waals surface area contributed by atoms with Crippen molar-refractivity contribution in [3.8, 4) is 0 Å². The summed E-state index contributed by atoms with van der Waals surface area (Å²) in [4.78, 5) is 0. The predicted molar refractivity (Wildman–Crippen MR) is 39.4 cm³/mol. The SMILES string of the molecule is CCNC1=CS(=O)CC1. The zero-order valence-electron chi connectivity index (χ0n) is 5.52. The Morgan fingerprint density at radius 2 is 2.67 bits per heavy atom. The molecule has 0 fully saturated rings. The average Bonchev–Trinajstić information content (AvgIpc) is 2.17. The highest BCUT2D eigenvalue weighted by Crippen LogP contribution is 2.08. The smallest absolute Gasteiger partial charge is 0.0477 e. The van der Waals surface area contributed by atoms with Crippen LogP contribution in [0, 0.1) is 0 Å². The highest BCUT2D eigenvalue weighted by atomic mass is 32.2. The van der Waals surface area contributed by atoms with Crippen molar-refractivity contribution in [3.63, 3.8) is 0 Å². The Morgan fingerprint density at radius 1 is 1.89 bits per heavy atom. The summed E-state index contributed by atoms with van der Waals surface area (Å²) in [5.41, 5.74) is 1.15. The Morgan fingerprint density at radius 3 is 3.11 bits per heavy atom. The lowest BCUT2D eigenvalue weighted by Gasteiger charge is -1.98. The van der Waals surface area contributed by atoms with Crippen LogP contribution in [0.1, 0.15) is 13.3 Å². The molecule has 0 spiro atoms. The summed E-state index contributed by atoms with van der Waals surface area (Å²) in [5.74, 6) is 0.808. The van der Waals surface area contributed by atoms with Gasteiger partial charge in [-0.1, -0.05) is 0 Å². The molecule has 1 rings (SSSR count). The van der Waals surface area contributed by atoms with E-state index in [4.69, 9.17) is 0 Å². The van der Waals surface area contributed by atoms with Crippen LogP contribution in [-0.4, -0.2) is 16.5 Å². The lowest BCUT2D eigenvalue weighted by molar-refractivity contribution is 0.689. The summed E-state index contributed by atoms with van der Waals surface area (Å²) in [7, 11) is -0.679. The monoisotopic (exact) mass is 145 g/mol. The number of allylic oxidation sites excluding steroid dienone is 1. The Bertz CT molecular complexity index is 153. The van der Waals surface area contributed by atoms with Gasteiger partial charge in [-0.3, -0.25) is 4.21 Å². The van der Waals surface area contributed by atoms with E-state index in [2.05, 4.69) is 5.32 Å². The minimum atomic E-state index is -0.679. The molecule has 1 heterocycles. The van der Waals surface area contributed by atoms with Gasteiger partial charge in [-0.2, -0.15) is 0 Å². The van der Waals surface area contributed by atoms with Crippen LogP contribution in [0.15, 0.2) is 11.1 Å². The van der Waals surface area contributed by atoms with Crippen molar-refractivity contribution in [2.24, 2.45) is 0 Å². The van der Waals surface area contributed by atoms with E-state index in [0.29, 0.717) is 0 Å². The van der Waals surface area contributed by atoms with Gasteiger partial charge in [-0.25, -0.2) is 0 Å². The van der Waals surface area contributed by atoms with Crippen molar-refractivity contribution in [3.05, 3.63) is 11.1 Å². The molecule has 1 unspecified atom stereocenters. The van der Waals surface area contributed by atoms with E-state index in [1.165, 1.54) is 0 Å². The summed E-state index contributed by atoms with van der Waals surface area (Å²) in [6, 6.07) is 0. The zero-order valence-corrected chi connectivity index (χ0v) is 6.33. The van der Waals surface area contributed by atoms with E-state index >= 15 is 0 Å². The largest absolute Gasteiger partial charge is 0.388 e. The Hall–Kier alpha value is -0.310. The summed E-state index contributed by atoms with van der Waals surface area (Å²) in [6.45, 7) is 2.98. The molecule has 3 heteroatoms. The second kappa shape index (κ2) is 3.01. The van der Waals surface area contributed by atoms with E-state index < -0.39 is 10.8 Å². The van der Waals surface area contributed by atoms with Crippen molar-refractivity contribution in [2.45, 2.75) is 13.3 Å². The van der Waals surface area contributed by atoms with Crippen molar-refractivity contribution in [1.29, 1.82) is 0 Å². The highest BCUT2D eigenvalue weighted by Gasteiger charge is 2.08. The number of nitrogens with one attached hydrogen (secondary N) is 1. The summed E-state index contributed by atoms with van der Waals surface area (Å²) >= 11 is 0. The molecule has 0 aromatic heterocycles. The molecule has 0 aromatic rings. The van der Waals surface area contributed by atoms with Crippen LogP contribution in [0.2, 0.25) is 0 Å². The number of hydrogen-bond donors (Lipinski definition) is 1. The van der Waals surface area contributed by atoms with Gasteiger partial charge in [-0.15, -0.1) is 0 Å². The Balaban J connectivity index is 2.42. The van der Waals surface area contributed by atoms with Gasteiger partial charge >= 0.3 is 0 Å². The molecule has 0 saturated heterocycles. The van der Waals surface area contributed by atoms with E-state index in [1.807, 2.05) is 12.3 Å². The summed E-state index contributed by atoms with van der Waals surface area (Å²) in [5, 5.41) is 4.95. The lowest BCUT2D eigenvalue weighted by atomic mass is 10.4. The molecule has 52 valence electrons. The Labute approximate surface area is 57.8 Å². The second-order valence-electron chi connectivity index (χ2n) is 2.01. The van der Waals surface area contributed by atoms with E-state index in [1.54, 1.807) is 0 Å². The molecule has 0 saturated carbocycles. The standard InChI is InChI=1S/C6H11NOS/c1-2-7-6-3-4-9(8)5-6/h5,7H,2-4H2,1H3. The second-order valence-corrected chi connectivity index (χ2v) is 3.41. The zero-order chi connectivity index (χ0) is 6.69. The average molecular weight is 145 g/mol. The predicted octanol–water partition coefficient (Wildman–Crippen LogP) is 0.590. The van der Waals surface area contributed by atoms with Crippen molar-refractivity contribution < 1.29 is 4.21 Å². The van der Waals surface area contributed by atoms with Crippen LogP contribution in [0.3, 0.4) is 0 Å². The molecular formula is C6H11NOS. The first-order valence-corrected chi connectivity index (χ1v) is 4.53. The fourth-order valence-corrected chi connectivity index (χ4v) is 1.90. The van der Waals surface area contributed by atoms with Gasteiger partial charge in [0.25, 0.3) is 0 Å². The van der Waals surface area contributed by atoms with Crippen LogP contribution < -0.4 is 5.32 Å². The summed E-state index contributed by atoms with van der Waals surface area (Å²) < 4.78 is 10.7. The first kappa shape index (κ1) is 6.81. The third-order valence-corrected chi connectivity index (χ3v) is 2.40. The van der Waals surface area contributed by atoms with Gasteiger partial charge in [0.05, 0.1) is 0 Å². The third kappa shape index (κ3) is 1.82. The van der Waals surface area contributed by atoms with Gasteiger partial charge in [0, 0.05) is 34.2 Å². The molecular weight excluding hydrogens is 134 g/mol. The van der Waals surface area contributed by atoms with Crippen molar-refractivity contribution >= 4 is 10.8 Å². The van der Waals surface area contributed by atoms with E-state index in [-0.39, 0.29) is 0 Å². The Kier molecular flexibility index (Phi) is 2.28. The van der Waals surface area contributed by atoms with Gasteiger partial charge in [0.15, 0.2) is 0 Å². The molecule has 0 amide bonds. The quantitative estimate of drug-likeness (QED) is 0.616. The van der Waals surface area contributed by atoms with Gasteiger partial charge in [0.1, 0.15) is 0 Å². The fourth-order valence-electron chi connectivity index (χ4n) is 0.844.